The van der Waals surface area contributed by atoms with Crippen LogP contribution >= 0.6 is 0 Å². The van der Waals surface area contributed by atoms with Crippen molar-refractivity contribution in [1.29, 1.82) is 0 Å². The van der Waals surface area contributed by atoms with Crippen LogP contribution in [-0.4, -0.2) is 44.1 Å². The van der Waals surface area contributed by atoms with Crippen LogP contribution in [0.4, 0.5) is 5.69 Å². The summed E-state index contributed by atoms with van der Waals surface area (Å²) in [5, 5.41) is 3.12. The standard InChI is InChI=1S/C21H22N2O4/c1-26-14-6-13-23-20(24)18(15-9-11-17(27-2)12-10-15)19(21(23)25)22-16-7-4-3-5-8-16/h3-5,7-12,22H,6,13-14H2,1-2H3. The Kier molecular flexibility index (Phi) is 5.88. The molecule has 2 aromatic carbocycles. The lowest BCUT2D eigenvalue weighted by Gasteiger charge is -2.15. The van der Waals surface area contributed by atoms with Gasteiger partial charge in [-0.25, -0.2) is 0 Å². The molecule has 0 atom stereocenters. The van der Waals surface area contributed by atoms with Gasteiger partial charge in [-0.2, -0.15) is 0 Å². The van der Waals surface area contributed by atoms with Crippen LogP contribution in [0.25, 0.3) is 5.57 Å². The molecule has 6 nitrogen and oxygen atoms in total. The van der Waals surface area contributed by atoms with Gasteiger partial charge >= 0.3 is 0 Å². The second kappa shape index (κ2) is 8.51. The number of benzene rings is 2. The molecule has 0 radical (unpaired) electrons. The van der Waals surface area contributed by atoms with Crippen molar-refractivity contribution in [3.05, 3.63) is 65.9 Å². The van der Waals surface area contributed by atoms with Crippen molar-refractivity contribution in [2.24, 2.45) is 0 Å². The lowest BCUT2D eigenvalue weighted by molar-refractivity contribution is -0.136. The smallest absolute Gasteiger partial charge is 0.278 e. The molecule has 1 N–H and O–H groups in total. The van der Waals surface area contributed by atoms with E-state index in [9.17, 15) is 9.59 Å². The highest BCUT2D eigenvalue weighted by Gasteiger charge is 2.38. The molecule has 1 aliphatic heterocycles. The van der Waals surface area contributed by atoms with E-state index in [-0.39, 0.29) is 17.5 Å². The van der Waals surface area contributed by atoms with Crippen LogP contribution in [0.5, 0.6) is 5.75 Å². The molecule has 2 amide bonds. The number of amides is 2. The number of imide groups is 1. The van der Waals surface area contributed by atoms with Gasteiger partial charge in [0.25, 0.3) is 11.8 Å². The van der Waals surface area contributed by atoms with Gasteiger partial charge in [0.2, 0.25) is 0 Å². The lowest BCUT2D eigenvalue weighted by Crippen LogP contribution is -2.33. The SMILES string of the molecule is COCCCN1C(=O)C(Nc2ccccc2)=C(c2ccc(OC)cc2)C1=O. The summed E-state index contributed by atoms with van der Waals surface area (Å²) in [7, 11) is 3.18. The number of anilines is 1. The minimum Gasteiger partial charge on any atom is -0.497 e. The van der Waals surface area contributed by atoms with E-state index in [4.69, 9.17) is 9.47 Å². The van der Waals surface area contributed by atoms with Gasteiger partial charge in [-0.1, -0.05) is 30.3 Å². The topological polar surface area (TPSA) is 67.9 Å². The van der Waals surface area contributed by atoms with Gasteiger partial charge in [0.15, 0.2) is 0 Å². The molecule has 2 aromatic rings. The molecule has 0 fully saturated rings. The van der Waals surface area contributed by atoms with E-state index in [0.29, 0.717) is 36.5 Å². The van der Waals surface area contributed by atoms with Gasteiger partial charge in [-0.15, -0.1) is 0 Å². The fourth-order valence-electron chi connectivity index (χ4n) is 2.95. The molecule has 0 bridgehead atoms. The third-order valence-corrected chi connectivity index (χ3v) is 4.32. The third-order valence-electron chi connectivity index (χ3n) is 4.32. The van der Waals surface area contributed by atoms with E-state index >= 15 is 0 Å². The molecule has 0 saturated heterocycles. The van der Waals surface area contributed by atoms with Gasteiger partial charge in [-0.05, 0) is 36.2 Å². The van der Waals surface area contributed by atoms with Crippen LogP contribution in [0.3, 0.4) is 0 Å². The zero-order chi connectivity index (χ0) is 19.2. The largest absolute Gasteiger partial charge is 0.497 e. The monoisotopic (exact) mass is 366 g/mol. The van der Waals surface area contributed by atoms with Crippen molar-refractivity contribution in [1.82, 2.24) is 4.90 Å². The maximum atomic E-state index is 13.0. The molecule has 140 valence electrons. The summed E-state index contributed by atoms with van der Waals surface area (Å²) in [4.78, 5) is 27.2. The molecule has 1 aliphatic rings. The van der Waals surface area contributed by atoms with Crippen LogP contribution in [0.15, 0.2) is 60.3 Å². The lowest BCUT2D eigenvalue weighted by atomic mass is 10.0. The molecular weight excluding hydrogens is 344 g/mol. The number of nitrogens with zero attached hydrogens (tertiary/aromatic N) is 1. The number of methoxy groups -OCH3 is 2. The Balaban J connectivity index is 1.97. The fraction of sp³-hybridized carbons (Fsp3) is 0.238. The summed E-state index contributed by atoms with van der Waals surface area (Å²) >= 11 is 0. The number of para-hydroxylation sites is 1. The highest BCUT2D eigenvalue weighted by molar-refractivity contribution is 6.36. The number of ether oxygens (including phenoxy) is 2. The predicted molar refractivity (Wildman–Crippen MR) is 103 cm³/mol. The summed E-state index contributed by atoms with van der Waals surface area (Å²) in [5.74, 6) is 0.0520. The van der Waals surface area contributed by atoms with Crippen molar-refractivity contribution in [2.45, 2.75) is 6.42 Å². The summed E-state index contributed by atoms with van der Waals surface area (Å²) in [6.45, 7) is 0.793. The molecule has 6 heteroatoms. The fourth-order valence-corrected chi connectivity index (χ4v) is 2.95. The van der Waals surface area contributed by atoms with Crippen molar-refractivity contribution < 1.29 is 19.1 Å². The van der Waals surface area contributed by atoms with Gasteiger partial charge in [0.1, 0.15) is 11.4 Å². The second-order valence-electron chi connectivity index (χ2n) is 6.08. The van der Waals surface area contributed by atoms with Gasteiger partial charge in [0.05, 0.1) is 12.7 Å². The van der Waals surface area contributed by atoms with Crippen LogP contribution in [-0.2, 0) is 14.3 Å². The first-order valence-electron chi connectivity index (χ1n) is 8.71. The quantitative estimate of drug-likeness (QED) is 0.575. The highest BCUT2D eigenvalue weighted by Crippen LogP contribution is 2.31. The van der Waals surface area contributed by atoms with E-state index < -0.39 is 0 Å². The maximum Gasteiger partial charge on any atom is 0.278 e. The summed E-state index contributed by atoms with van der Waals surface area (Å²) in [6.07, 6.45) is 0.586. The van der Waals surface area contributed by atoms with Gasteiger partial charge in [-0.3, -0.25) is 14.5 Å². The van der Waals surface area contributed by atoms with E-state index in [0.717, 1.165) is 5.69 Å². The molecule has 0 unspecified atom stereocenters. The Morgan fingerprint density at radius 2 is 1.63 bits per heavy atom. The van der Waals surface area contributed by atoms with Gasteiger partial charge < -0.3 is 14.8 Å². The highest BCUT2D eigenvalue weighted by atomic mass is 16.5. The minimum absolute atomic E-state index is 0.286. The number of hydrogen-bond acceptors (Lipinski definition) is 5. The van der Waals surface area contributed by atoms with Crippen molar-refractivity contribution >= 4 is 23.1 Å². The normalized spacial score (nSPS) is 14.1. The van der Waals surface area contributed by atoms with E-state index in [1.165, 1.54) is 4.90 Å². The number of nitrogens with one attached hydrogen (secondary N) is 1. The predicted octanol–water partition coefficient (Wildman–Crippen LogP) is 2.92. The molecule has 0 aromatic heterocycles. The number of carbonyl (C=O) groups is 2. The Labute approximate surface area is 158 Å². The first kappa shape index (κ1) is 18.7. The average Bonchev–Trinajstić information content (AvgIpc) is 2.93. The van der Waals surface area contributed by atoms with E-state index in [2.05, 4.69) is 5.32 Å². The van der Waals surface area contributed by atoms with Crippen molar-refractivity contribution in [2.75, 3.05) is 32.7 Å². The molecule has 1 heterocycles. The maximum absolute atomic E-state index is 13.0. The number of carbonyl (C=O) groups excluding carboxylic acids is 2. The number of hydrogen-bond donors (Lipinski definition) is 1. The summed E-state index contributed by atoms with van der Waals surface area (Å²) < 4.78 is 10.2. The Morgan fingerprint density at radius 1 is 0.926 bits per heavy atom. The first-order valence-corrected chi connectivity index (χ1v) is 8.71. The zero-order valence-electron chi connectivity index (χ0n) is 15.4. The Morgan fingerprint density at radius 3 is 2.26 bits per heavy atom. The average molecular weight is 366 g/mol. The second-order valence-corrected chi connectivity index (χ2v) is 6.08. The van der Waals surface area contributed by atoms with Crippen molar-refractivity contribution in [3.8, 4) is 5.75 Å². The van der Waals surface area contributed by atoms with Crippen LogP contribution in [0, 0.1) is 0 Å². The van der Waals surface area contributed by atoms with Crippen LogP contribution in [0.1, 0.15) is 12.0 Å². The Hall–Kier alpha value is -3.12. The van der Waals surface area contributed by atoms with E-state index in [1.54, 1.807) is 38.5 Å². The molecule has 3 rings (SSSR count). The molecular formula is C21H22N2O4. The number of rotatable bonds is 8. The van der Waals surface area contributed by atoms with Crippen LogP contribution < -0.4 is 10.1 Å². The van der Waals surface area contributed by atoms with E-state index in [1.807, 2.05) is 30.3 Å². The van der Waals surface area contributed by atoms with Crippen molar-refractivity contribution in [3.63, 3.8) is 0 Å². The molecule has 27 heavy (non-hydrogen) atoms. The van der Waals surface area contributed by atoms with Crippen LogP contribution in [0.2, 0.25) is 0 Å². The zero-order valence-corrected chi connectivity index (χ0v) is 15.4. The molecule has 0 spiro atoms. The molecule has 0 saturated carbocycles. The summed E-state index contributed by atoms with van der Waals surface area (Å²) in [5.41, 5.74) is 2.07. The summed E-state index contributed by atoms with van der Waals surface area (Å²) in [6, 6.07) is 16.4. The minimum atomic E-state index is -0.328. The molecule has 0 aliphatic carbocycles. The third kappa shape index (κ3) is 4.01. The van der Waals surface area contributed by atoms with Gasteiger partial charge in [0, 0.05) is 25.9 Å². The first-order chi connectivity index (χ1) is 13.2. The Bertz CT molecular complexity index is 844.